The van der Waals surface area contributed by atoms with Gasteiger partial charge in [-0.05, 0) is 22.9 Å². The van der Waals surface area contributed by atoms with Crippen molar-refractivity contribution in [1.82, 2.24) is 0 Å². The van der Waals surface area contributed by atoms with E-state index in [1.54, 1.807) is 0 Å². The molecule has 0 aromatic heterocycles. The maximum absolute atomic E-state index is 11.7. The van der Waals surface area contributed by atoms with Crippen molar-refractivity contribution in [3.63, 3.8) is 0 Å². The Kier molecular flexibility index (Phi) is 2.66. The second-order valence-electron chi connectivity index (χ2n) is 1.35. The van der Waals surface area contributed by atoms with Gasteiger partial charge in [-0.3, -0.25) is 0 Å². The molecule has 0 N–H and O–H groups in total. The van der Waals surface area contributed by atoms with Gasteiger partial charge in [-0.2, -0.15) is 13.2 Å². The zero-order chi connectivity index (χ0) is 7.65. The molecule has 0 unspecified atom stereocenters. The third-order valence-electron chi connectivity index (χ3n) is 0.551. The lowest BCUT2D eigenvalue weighted by Gasteiger charge is -2.02. The van der Waals surface area contributed by atoms with E-state index >= 15 is 0 Å². The number of hydrogen-bond donors (Lipinski definition) is 0. The molecule has 0 amide bonds. The van der Waals surface area contributed by atoms with Crippen LogP contribution in [0.25, 0.3) is 0 Å². The van der Waals surface area contributed by atoms with Crippen molar-refractivity contribution < 1.29 is 17.6 Å². The van der Waals surface area contributed by atoms with Crippen LogP contribution in [0.1, 0.15) is 6.92 Å². The predicted octanol–water partition coefficient (Wildman–Crippen LogP) is 3.14. The van der Waals surface area contributed by atoms with E-state index in [4.69, 9.17) is 0 Å². The maximum Gasteiger partial charge on any atom is 0.425 e. The molecule has 9 heavy (non-hydrogen) atoms. The number of alkyl halides is 3. The first-order valence-corrected chi connectivity index (χ1v) is 2.74. The summed E-state index contributed by atoms with van der Waals surface area (Å²) in [6.45, 7) is 0.734. The zero-order valence-electron chi connectivity index (χ0n) is 4.39. The van der Waals surface area contributed by atoms with Gasteiger partial charge in [0.25, 0.3) is 0 Å². The highest BCUT2D eigenvalue weighted by Crippen LogP contribution is 2.32. The SMILES string of the molecule is CC(F)=C(Br)C(F)(F)F. The van der Waals surface area contributed by atoms with Gasteiger partial charge in [0.1, 0.15) is 10.3 Å². The molecule has 0 atom stereocenters. The Morgan fingerprint density at radius 1 is 1.33 bits per heavy atom. The summed E-state index contributed by atoms with van der Waals surface area (Å²) in [5, 5.41) is 0. The fourth-order valence-electron chi connectivity index (χ4n) is 0.195. The second kappa shape index (κ2) is 2.68. The second-order valence-corrected chi connectivity index (χ2v) is 2.14. The molecule has 0 aromatic carbocycles. The summed E-state index contributed by atoms with van der Waals surface area (Å²) in [6, 6.07) is 0. The molecule has 5 heteroatoms. The fraction of sp³-hybridized carbons (Fsp3) is 0.500. The van der Waals surface area contributed by atoms with Crippen LogP contribution in [-0.4, -0.2) is 6.18 Å². The maximum atomic E-state index is 11.7. The summed E-state index contributed by atoms with van der Waals surface area (Å²) in [5.41, 5.74) is 0. The van der Waals surface area contributed by atoms with Crippen LogP contribution in [0.15, 0.2) is 10.3 Å². The Labute approximate surface area is 57.7 Å². The minimum absolute atomic E-state index is 0.734. The summed E-state index contributed by atoms with van der Waals surface area (Å²) >= 11 is 2.04. The molecule has 0 saturated carbocycles. The Morgan fingerprint density at radius 2 is 1.67 bits per heavy atom. The topological polar surface area (TPSA) is 0 Å². The van der Waals surface area contributed by atoms with Crippen molar-refractivity contribution >= 4 is 15.9 Å². The molecule has 0 saturated heterocycles. The Bertz CT molecular complexity index is 130. The highest BCUT2D eigenvalue weighted by molar-refractivity contribution is 9.11. The van der Waals surface area contributed by atoms with Crippen molar-refractivity contribution in [2.24, 2.45) is 0 Å². The number of rotatable bonds is 0. The monoisotopic (exact) mass is 206 g/mol. The van der Waals surface area contributed by atoms with E-state index in [0.717, 1.165) is 6.92 Å². The lowest BCUT2D eigenvalue weighted by Crippen LogP contribution is -2.07. The van der Waals surface area contributed by atoms with E-state index in [1.807, 2.05) is 15.9 Å². The van der Waals surface area contributed by atoms with E-state index in [9.17, 15) is 17.6 Å². The summed E-state index contributed by atoms with van der Waals surface area (Å²) in [6.07, 6.45) is -4.60. The van der Waals surface area contributed by atoms with E-state index in [0.29, 0.717) is 0 Å². The van der Waals surface area contributed by atoms with E-state index in [-0.39, 0.29) is 0 Å². The Hall–Kier alpha value is -0.0600. The molecule has 0 radical (unpaired) electrons. The molecule has 0 heterocycles. The first kappa shape index (κ1) is 8.94. The summed E-state index contributed by atoms with van der Waals surface area (Å²) < 4.78 is 44.4. The third kappa shape index (κ3) is 2.84. The normalized spacial score (nSPS) is 15.3. The largest absolute Gasteiger partial charge is 0.425 e. The van der Waals surface area contributed by atoms with Crippen molar-refractivity contribution in [2.75, 3.05) is 0 Å². The van der Waals surface area contributed by atoms with E-state index in [2.05, 4.69) is 0 Å². The highest BCUT2D eigenvalue weighted by atomic mass is 79.9. The standard InChI is InChI=1S/C4H3BrF4/c1-2(6)3(5)4(7,8)9/h1H3. The highest BCUT2D eigenvalue weighted by Gasteiger charge is 2.33. The van der Waals surface area contributed by atoms with Crippen molar-refractivity contribution in [3.05, 3.63) is 10.3 Å². The van der Waals surface area contributed by atoms with Crippen LogP contribution in [0.2, 0.25) is 0 Å². The molecule has 0 bridgehead atoms. The third-order valence-corrected chi connectivity index (χ3v) is 1.55. The van der Waals surface area contributed by atoms with Crippen LogP contribution in [0.4, 0.5) is 17.6 Å². The zero-order valence-corrected chi connectivity index (χ0v) is 5.98. The molecule has 0 aliphatic heterocycles. The van der Waals surface area contributed by atoms with Gasteiger partial charge in [0.05, 0.1) is 0 Å². The first-order valence-electron chi connectivity index (χ1n) is 1.94. The van der Waals surface area contributed by atoms with Crippen molar-refractivity contribution in [3.8, 4) is 0 Å². The first-order chi connectivity index (χ1) is 3.85. The summed E-state index contributed by atoms with van der Waals surface area (Å²) in [7, 11) is 0. The number of hydrogen-bond acceptors (Lipinski definition) is 0. The van der Waals surface area contributed by atoms with Gasteiger partial charge in [-0.25, -0.2) is 4.39 Å². The van der Waals surface area contributed by atoms with Gasteiger partial charge in [-0.1, -0.05) is 0 Å². The minimum atomic E-state index is -4.60. The van der Waals surface area contributed by atoms with E-state index in [1.165, 1.54) is 0 Å². The smallest absolute Gasteiger partial charge is 0.211 e. The minimum Gasteiger partial charge on any atom is -0.211 e. The summed E-state index contributed by atoms with van der Waals surface area (Å²) in [4.78, 5) is 0. The Balaban J connectivity index is 4.40. The average Bonchev–Trinajstić information content (AvgIpc) is 1.62. The van der Waals surface area contributed by atoms with Crippen LogP contribution >= 0.6 is 15.9 Å². The van der Waals surface area contributed by atoms with Crippen LogP contribution in [0, 0.1) is 0 Å². The van der Waals surface area contributed by atoms with Gasteiger partial charge >= 0.3 is 6.18 Å². The fourth-order valence-corrected chi connectivity index (χ4v) is 0.195. The molecule has 0 aromatic rings. The Morgan fingerprint density at radius 3 is 1.67 bits per heavy atom. The predicted molar refractivity (Wildman–Crippen MR) is 28.8 cm³/mol. The van der Waals surface area contributed by atoms with Gasteiger partial charge < -0.3 is 0 Å². The molecule has 0 spiro atoms. The van der Waals surface area contributed by atoms with Crippen LogP contribution < -0.4 is 0 Å². The average molecular weight is 207 g/mol. The van der Waals surface area contributed by atoms with Gasteiger partial charge in [-0.15, -0.1) is 0 Å². The molecular weight excluding hydrogens is 204 g/mol. The molecule has 0 nitrogen and oxygen atoms in total. The van der Waals surface area contributed by atoms with E-state index < -0.39 is 16.5 Å². The van der Waals surface area contributed by atoms with Gasteiger partial charge in [0, 0.05) is 0 Å². The molecule has 0 aliphatic carbocycles. The quantitative estimate of drug-likeness (QED) is 0.535. The van der Waals surface area contributed by atoms with Crippen LogP contribution in [-0.2, 0) is 0 Å². The molecule has 54 valence electrons. The molecule has 0 aliphatic rings. The lowest BCUT2D eigenvalue weighted by molar-refractivity contribution is -0.0844. The van der Waals surface area contributed by atoms with Gasteiger partial charge in [0.15, 0.2) is 0 Å². The van der Waals surface area contributed by atoms with Gasteiger partial charge in [0.2, 0.25) is 0 Å². The molecule has 0 fully saturated rings. The lowest BCUT2D eigenvalue weighted by atomic mass is 10.5. The summed E-state index contributed by atoms with van der Waals surface area (Å²) in [5.74, 6) is -1.26. The number of allylic oxidation sites excluding steroid dienone is 2. The van der Waals surface area contributed by atoms with Crippen LogP contribution in [0.5, 0.6) is 0 Å². The van der Waals surface area contributed by atoms with Crippen LogP contribution in [0.3, 0.4) is 0 Å². The molecule has 0 rings (SSSR count). The van der Waals surface area contributed by atoms with Crippen molar-refractivity contribution in [1.29, 1.82) is 0 Å². The van der Waals surface area contributed by atoms with Crippen molar-refractivity contribution in [2.45, 2.75) is 13.1 Å². The molecular formula is C4H3BrF4. The number of halogens is 5.